The van der Waals surface area contributed by atoms with Crippen LogP contribution < -0.4 is 0 Å². The van der Waals surface area contributed by atoms with E-state index in [4.69, 9.17) is 0 Å². The van der Waals surface area contributed by atoms with Crippen molar-refractivity contribution in [2.45, 2.75) is 19.8 Å². The molecule has 0 saturated heterocycles. The summed E-state index contributed by atoms with van der Waals surface area (Å²) in [5, 5.41) is 10.2. The van der Waals surface area contributed by atoms with Gasteiger partial charge in [0.05, 0.1) is 0 Å². The maximum atomic E-state index is 12.8. The van der Waals surface area contributed by atoms with Gasteiger partial charge in [-0.25, -0.2) is 4.39 Å². The number of para-hydroxylation sites is 1. The zero-order chi connectivity index (χ0) is 12.4. The van der Waals surface area contributed by atoms with E-state index in [1.54, 1.807) is 12.1 Å². The molecule has 0 atom stereocenters. The lowest BCUT2D eigenvalue weighted by Gasteiger charge is -2.12. The monoisotopic (exact) mass is 230 g/mol. The number of benzene rings is 2. The van der Waals surface area contributed by atoms with E-state index in [0.717, 1.165) is 16.7 Å². The first kappa shape index (κ1) is 11.6. The van der Waals surface area contributed by atoms with E-state index in [1.165, 1.54) is 12.1 Å². The first-order chi connectivity index (χ1) is 8.09. The summed E-state index contributed by atoms with van der Waals surface area (Å²) in [6.07, 6.45) is 0. The quantitative estimate of drug-likeness (QED) is 0.814. The van der Waals surface area contributed by atoms with Crippen LogP contribution in [0.2, 0.25) is 0 Å². The number of hydrogen-bond acceptors (Lipinski definition) is 1. The maximum Gasteiger partial charge on any atom is 0.126 e. The van der Waals surface area contributed by atoms with Gasteiger partial charge in [-0.1, -0.05) is 44.2 Å². The summed E-state index contributed by atoms with van der Waals surface area (Å²) >= 11 is 0. The lowest BCUT2D eigenvalue weighted by Crippen LogP contribution is -1.90. The molecule has 17 heavy (non-hydrogen) atoms. The molecular weight excluding hydrogens is 215 g/mol. The van der Waals surface area contributed by atoms with Crippen LogP contribution in [0.1, 0.15) is 25.3 Å². The third-order valence-electron chi connectivity index (χ3n) is 2.84. The normalized spacial score (nSPS) is 10.8. The van der Waals surface area contributed by atoms with E-state index in [9.17, 15) is 9.50 Å². The first-order valence-corrected chi connectivity index (χ1v) is 5.67. The van der Waals surface area contributed by atoms with E-state index in [0.29, 0.717) is 0 Å². The summed E-state index contributed by atoms with van der Waals surface area (Å²) in [6.45, 7) is 4.06. The third kappa shape index (κ3) is 2.31. The van der Waals surface area contributed by atoms with Crippen molar-refractivity contribution in [3.8, 4) is 16.9 Å². The van der Waals surface area contributed by atoms with Gasteiger partial charge in [0, 0.05) is 5.56 Å². The van der Waals surface area contributed by atoms with Crippen molar-refractivity contribution >= 4 is 0 Å². The van der Waals surface area contributed by atoms with Gasteiger partial charge in [-0.05, 0) is 29.2 Å². The largest absolute Gasteiger partial charge is 0.507 e. The van der Waals surface area contributed by atoms with E-state index in [1.807, 2.05) is 32.0 Å². The van der Waals surface area contributed by atoms with Crippen LogP contribution in [0, 0.1) is 5.82 Å². The summed E-state index contributed by atoms with van der Waals surface area (Å²) in [6, 6.07) is 11.8. The van der Waals surface area contributed by atoms with Gasteiger partial charge < -0.3 is 5.11 Å². The van der Waals surface area contributed by atoms with Gasteiger partial charge in [0.15, 0.2) is 0 Å². The van der Waals surface area contributed by atoms with Crippen molar-refractivity contribution in [3.63, 3.8) is 0 Å². The second-order valence-corrected chi connectivity index (χ2v) is 4.41. The molecule has 0 spiro atoms. The molecule has 0 unspecified atom stereocenters. The van der Waals surface area contributed by atoms with Crippen molar-refractivity contribution in [1.82, 2.24) is 0 Å². The molecule has 0 amide bonds. The lowest BCUT2D eigenvalue weighted by molar-refractivity contribution is 0.467. The standard InChI is InChI=1S/C15H15FO/c1-10(2)13-4-3-5-14(15(13)17)11-6-8-12(16)9-7-11/h3-10,17H,1-2H3. The van der Waals surface area contributed by atoms with E-state index < -0.39 is 0 Å². The Balaban J connectivity index is 2.52. The molecule has 0 aliphatic carbocycles. The molecule has 1 nitrogen and oxygen atoms in total. The summed E-state index contributed by atoms with van der Waals surface area (Å²) < 4.78 is 12.8. The fourth-order valence-electron chi connectivity index (χ4n) is 1.89. The number of hydrogen-bond donors (Lipinski definition) is 1. The average Bonchev–Trinajstić information content (AvgIpc) is 2.30. The Bertz CT molecular complexity index is 515. The third-order valence-corrected chi connectivity index (χ3v) is 2.84. The second kappa shape index (κ2) is 4.58. The molecule has 0 fully saturated rings. The Labute approximate surface area is 101 Å². The molecule has 0 aromatic heterocycles. The Hall–Kier alpha value is -1.83. The van der Waals surface area contributed by atoms with Crippen LogP contribution in [0.4, 0.5) is 4.39 Å². The van der Waals surface area contributed by atoms with Gasteiger partial charge in [0.2, 0.25) is 0 Å². The Morgan fingerprint density at radius 2 is 1.65 bits per heavy atom. The van der Waals surface area contributed by atoms with Crippen LogP contribution in [-0.4, -0.2) is 5.11 Å². The SMILES string of the molecule is CC(C)c1cccc(-c2ccc(F)cc2)c1O. The molecule has 2 aromatic rings. The Morgan fingerprint density at radius 3 is 2.24 bits per heavy atom. The van der Waals surface area contributed by atoms with Crippen LogP contribution in [0.5, 0.6) is 5.75 Å². The molecule has 2 heteroatoms. The van der Waals surface area contributed by atoms with Crippen LogP contribution in [0.15, 0.2) is 42.5 Å². The molecule has 1 N–H and O–H groups in total. The van der Waals surface area contributed by atoms with E-state index >= 15 is 0 Å². The number of phenols is 1. The van der Waals surface area contributed by atoms with Gasteiger partial charge in [0.25, 0.3) is 0 Å². The molecule has 2 aromatic carbocycles. The van der Waals surface area contributed by atoms with Crippen LogP contribution in [0.25, 0.3) is 11.1 Å². The second-order valence-electron chi connectivity index (χ2n) is 4.41. The minimum Gasteiger partial charge on any atom is -0.507 e. The van der Waals surface area contributed by atoms with Crippen LogP contribution >= 0.6 is 0 Å². The summed E-state index contributed by atoms with van der Waals surface area (Å²) in [7, 11) is 0. The molecule has 0 heterocycles. The molecule has 0 saturated carbocycles. The lowest BCUT2D eigenvalue weighted by atomic mass is 9.96. The number of halogens is 1. The van der Waals surface area contributed by atoms with Crippen molar-refractivity contribution in [2.24, 2.45) is 0 Å². The van der Waals surface area contributed by atoms with Crippen molar-refractivity contribution in [1.29, 1.82) is 0 Å². The zero-order valence-corrected chi connectivity index (χ0v) is 9.94. The molecule has 0 radical (unpaired) electrons. The molecule has 0 aliphatic heterocycles. The highest BCUT2D eigenvalue weighted by Crippen LogP contribution is 2.35. The maximum absolute atomic E-state index is 12.8. The van der Waals surface area contributed by atoms with Gasteiger partial charge in [0.1, 0.15) is 11.6 Å². The summed E-state index contributed by atoms with van der Waals surface area (Å²) in [4.78, 5) is 0. The zero-order valence-electron chi connectivity index (χ0n) is 9.94. The highest BCUT2D eigenvalue weighted by atomic mass is 19.1. The fourth-order valence-corrected chi connectivity index (χ4v) is 1.89. The summed E-state index contributed by atoms with van der Waals surface area (Å²) in [5.41, 5.74) is 2.48. The predicted octanol–water partition coefficient (Wildman–Crippen LogP) is 4.32. The number of aromatic hydroxyl groups is 1. The predicted molar refractivity (Wildman–Crippen MR) is 67.6 cm³/mol. The molecular formula is C15H15FO. The molecule has 2 rings (SSSR count). The van der Waals surface area contributed by atoms with Gasteiger partial charge in [-0.2, -0.15) is 0 Å². The Kier molecular flexibility index (Phi) is 3.14. The topological polar surface area (TPSA) is 20.2 Å². The van der Waals surface area contributed by atoms with Crippen LogP contribution in [-0.2, 0) is 0 Å². The van der Waals surface area contributed by atoms with E-state index in [2.05, 4.69) is 0 Å². The smallest absolute Gasteiger partial charge is 0.126 e. The molecule has 0 bridgehead atoms. The average molecular weight is 230 g/mol. The minimum atomic E-state index is -0.270. The van der Waals surface area contributed by atoms with E-state index in [-0.39, 0.29) is 17.5 Å². The van der Waals surface area contributed by atoms with Crippen LogP contribution in [0.3, 0.4) is 0 Å². The highest BCUT2D eigenvalue weighted by Gasteiger charge is 2.11. The summed E-state index contributed by atoms with van der Waals surface area (Å²) in [5.74, 6) is 0.276. The minimum absolute atomic E-state index is 0.260. The van der Waals surface area contributed by atoms with Crippen molar-refractivity contribution < 1.29 is 9.50 Å². The fraction of sp³-hybridized carbons (Fsp3) is 0.200. The Morgan fingerprint density at radius 1 is 1.00 bits per heavy atom. The van der Waals surface area contributed by atoms with Gasteiger partial charge >= 0.3 is 0 Å². The molecule has 88 valence electrons. The van der Waals surface area contributed by atoms with Gasteiger partial charge in [-0.15, -0.1) is 0 Å². The molecule has 0 aliphatic rings. The number of rotatable bonds is 2. The number of phenolic OH excluding ortho intramolecular Hbond substituents is 1. The van der Waals surface area contributed by atoms with Gasteiger partial charge in [-0.3, -0.25) is 0 Å². The van der Waals surface area contributed by atoms with Crippen molar-refractivity contribution in [2.75, 3.05) is 0 Å². The first-order valence-electron chi connectivity index (χ1n) is 5.67. The highest BCUT2D eigenvalue weighted by molar-refractivity contribution is 5.71. The van der Waals surface area contributed by atoms with Crippen molar-refractivity contribution in [3.05, 3.63) is 53.8 Å².